The first-order chi connectivity index (χ1) is 10.4. The zero-order valence-corrected chi connectivity index (χ0v) is 11.1. The van der Waals surface area contributed by atoms with Gasteiger partial charge in [0.05, 0.1) is 16.8 Å². The topological polar surface area (TPSA) is 71.1 Å². The molecule has 1 atom stereocenters. The zero-order valence-electron chi connectivity index (χ0n) is 11.1. The van der Waals surface area contributed by atoms with Crippen LogP contribution in [0, 0.1) is 11.3 Å². The van der Waals surface area contributed by atoms with Crippen molar-refractivity contribution in [2.75, 3.05) is 11.1 Å². The summed E-state index contributed by atoms with van der Waals surface area (Å²) < 4.78 is 43.3. The normalized spacial score (nSPS) is 16.4. The van der Waals surface area contributed by atoms with E-state index in [1.165, 1.54) is 18.2 Å². The summed E-state index contributed by atoms with van der Waals surface area (Å²) >= 11 is 0. The van der Waals surface area contributed by atoms with Crippen molar-refractivity contribution in [2.45, 2.75) is 12.4 Å². The highest BCUT2D eigenvalue weighted by atomic mass is 19.4. The smallest absolute Gasteiger partial charge is 0.416 e. The number of rotatable bonds is 1. The van der Waals surface area contributed by atoms with Crippen LogP contribution in [0.25, 0.3) is 0 Å². The molecule has 2 aromatic rings. The van der Waals surface area contributed by atoms with Crippen LogP contribution in [0.5, 0.6) is 5.75 Å². The number of nitrogens with zero attached hydrogens (tertiary/aromatic N) is 1. The summed E-state index contributed by atoms with van der Waals surface area (Å²) in [7, 11) is 0. The Labute approximate surface area is 123 Å². The number of hydrogen-bond donors (Lipinski definition) is 2. The molecule has 3 rings (SSSR count). The van der Waals surface area contributed by atoms with Crippen molar-refractivity contribution >= 4 is 11.4 Å². The van der Waals surface area contributed by atoms with E-state index in [0.717, 1.165) is 12.1 Å². The Morgan fingerprint density at radius 1 is 1.14 bits per heavy atom. The Morgan fingerprint density at radius 3 is 2.41 bits per heavy atom. The molecule has 1 aliphatic rings. The van der Waals surface area contributed by atoms with Gasteiger partial charge in [-0.05, 0) is 24.3 Å². The number of benzene rings is 2. The summed E-state index contributed by atoms with van der Waals surface area (Å²) in [6.07, 6.45) is -5.07. The van der Waals surface area contributed by atoms with Gasteiger partial charge in [0.25, 0.3) is 0 Å². The predicted octanol–water partition coefficient (Wildman–Crippen LogP) is 3.66. The quantitative estimate of drug-likeness (QED) is 0.789. The van der Waals surface area contributed by atoms with Gasteiger partial charge in [0.1, 0.15) is 11.8 Å². The molecule has 0 amide bonds. The van der Waals surface area contributed by atoms with Crippen molar-refractivity contribution in [1.29, 1.82) is 5.26 Å². The lowest BCUT2D eigenvalue weighted by molar-refractivity contribution is -0.137. The van der Waals surface area contributed by atoms with Gasteiger partial charge in [0.2, 0.25) is 0 Å². The van der Waals surface area contributed by atoms with Crippen molar-refractivity contribution in [3.05, 3.63) is 53.1 Å². The molecule has 1 heterocycles. The standard InChI is InChI=1S/C15H10F3N3O/c16-15(17,18)10-4-1-8(2-5-10)14-21-12-11(20)6-3-9(7-19)13(12)22-14/h1-6,14,21H,20H2. The van der Waals surface area contributed by atoms with Crippen LogP contribution >= 0.6 is 0 Å². The second kappa shape index (κ2) is 4.84. The van der Waals surface area contributed by atoms with E-state index in [-0.39, 0.29) is 0 Å². The second-order valence-corrected chi connectivity index (χ2v) is 4.78. The van der Waals surface area contributed by atoms with Crippen molar-refractivity contribution in [3.8, 4) is 11.8 Å². The van der Waals surface area contributed by atoms with E-state index < -0.39 is 18.0 Å². The first kappa shape index (κ1) is 14.1. The van der Waals surface area contributed by atoms with Crippen LogP contribution in [0.3, 0.4) is 0 Å². The molecule has 0 saturated heterocycles. The summed E-state index contributed by atoms with van der Waals surface area (Å²) in [4.78, 5) is 0. The lowest BCUT2D eigenvalue weighted by Crippen LogP contribution is -2.11. The first-order valence-electron chi connectivity index (χ1n) is 6.33. The summed E-state index contributed by atoms with van der Waals surface area (Å²) in [6, 6.07) is 9.72. The molecule has 0 aromatic heterocycles. The summed E-state index contributed by atoms with van der Waals surface area (Å²) in [6.45, 7) is 0. The number of hydrogen-bond acceptors (Lipinski definition) is 4. The highest BCUT2D eigenvalue weighted by Crippen LogP contribution is 2.44. The number of nitrogens with two attached hydrogens (primary N) is 1. The third-order valence-corrected chi connectivity index (χ3v) is 3.36. The molecule has 1 aliphatic heterocycles. The van der Waals surface area contributed by atoms with Crippen LogP contribution in [-0.2, 0) is 6.18 Å². The Kier molecular flexibility index (Phi) is 3.10. The molecular weight excluding hydrogens is 295 g/mol. The van der Waals surface area contributed by atoms with Gasteiger partial charge in [-0.2, -0.15) is 18.4 Å². The van der Waals surface area contributed by atoms with Gasteiger partial charge < -0.3 is 15.8 Å². The number of nitrogens with one attached hydrogen (secondary N) is 1. The Bertz CT molecular complexity index is 763. The monoisotopic (exact) mass is 305 g/mol. The van der Waals surface area contributed by atoms with Gasteiger partial charge in [0, 0.05) is 5.56 Å². The van der Waals surface area contributed by atoms with E-state index in [0.29, 0.717) is 28.3 Å². The summed E-state index contributed by atoms with van der Waals surface area (Å²) in [5.41, 5.74) is 6.78. The highest BCUT2D eigenvalue weighted by Gasteiger charge is 2.32. The van der Waals surface area contributed by atoms with Crippen LogP contribution in [0.1, 0.15) is 22.9 Å². The Morgan fingerprint density at radius 2 is 1.82 bits per heavy atom. The maximum Gasteiger partial charge on any atom is 0.416 e. The Balaban J connectivity index is 1.91. The zero-order chi connectivity index (χ0) is 15.9. The van der Waals surface area contributed by atoms with E-state index in [9.17, 15) is 13.2 Å². The Hall–Kier alpha value is -2.88. The lowest BCUT2D eigenvalue weighted by Gasteiger charge is -2.13. The van der Waals surface area contributed by atoms with Gasteiger partial charge in [-0.25, -0.2) is 0 Å². The van der Waals surface area contributed by atoms with Crippen molar-refractivity contribution in [2.24, 2.45) is 0 Å². The summed E-state index contributed by atoms with van der Waals surface area (Å²) in [5.74, 6) is 0.312. The van der Waals surface area contributed by atoms with E-state index in [2.05, 4.69) is 5.32 Å². The van der Waals surface area contributed by atoms with Crippen molar-refractivity contribution in [3.63, 3.8) is 0 Å². The fourth-order valence-electron chi connectivity index (χ4n) is 2.23. The molecule has 0 saturated carbocycles. The first-order valence-corrected chi connectivity index (χ1v) is 6.33. The van der Waals surface area contributed by atoms with E-state index in [1.807, 2.05) is 6.07 Å². The molecule has 2 aromatic carbocycles. The minimum absolute atomic E-state index is 0.311. The fourth-order valence-corrected chi connectivity index (χ4v) is 2.23. The molecular formula is C15H10F3N3O. The van der Waals surface area contributed by atoms with Crippen LogP contribution in [0.2, 0.25) is 0 Å². The largest absolute Gasteiger partial charge is 0.463 e. The van der Waals surface area contributed by atoms with Gasteiger partial charge in [0.15, 0.2) is 12.0 Å². The molecule has 7 heteroatoms. The van der Waals surface area contributed by atoms with Gasteiger partial charge in [-0.15, -0.1) is 0 Å². The number of halogens is 3. The SMILES string of the molecule is N#Cc1ccc(N)c2c1OC(c1ccc(C(F)(F)F)cc1)N2. The number of alkyl halides is 3. The molecule has 112 valence electrons. The van der Waals surface area contributed by atoms with Gasteiger partial charge in [-0.3, -0.25) is 0 Å². The maximum atomic E-state index is 12.6. The molecule has 0 spiro atoms. The van der Waals surface area contributed by atoms with E-state index in [1.54, 1.807) is 6.07 Å². The van der Waals surface area contributed by atoms with Crippen molar-refractivity contribution in [1.82, 2.24) is 0 Å². The lowest BCUT2D eigenvalue weighted by atomic mass is 10.1. The number of ether oxygens (including phenoxy) is 1. The third-order valence-electron chi connectivity index (χ3n) is 3.36. The van der Waals surface area contributed by atoms with Crippen LogP contribution in [-0.4, -0.2) is 0 Å². The molecule has 0 radical (unpaired) electrons. The minimum atomic E-state index is -4.39. The summed E-state index contributed by atoms with van der Waals surface area (Å²) in [5, 5.41) is 12.0. The number of anilines is 2. The highest BCUT2D eigenvalue weighted by molar-refractivity contribution is 5.79. The maximum absolute atomic E-state index is 12.6. The molecule has 0 fully saturated rings. The minimum Gasteiger partial charge on any atom is -0.463 e. The molecule has 1 unspecified atom stereocenters. The van der Waals surface area contributed by atoms with E-state index >= 15 is 0 Å². The number of nitrogen functional groups attached to an aromatic ring is 1. The molecule has 0 bridgehead atoms. The molecule has 4 nitrogen and oxygen atoms in total. The number of nitriles is 1. The second-order valence-electron chi connectivity index (χ2n) is 4.78. The third kappa shape index (κ3) is 2.29. The molecule has 3 N–H and O–H groups in total. The molecule has 22 heavy (non-hydrogen) atoms. The predicted molar refractivity (Wildman–Crippen MR) is 74.0 cm³/mol. The molecule has 0 aliphatic carbocycles. The number of fused-ring (bicyclic) bond motifs is 1. The average Bonchev–Trinajstić information content (AvgIpc) is 2.93. The van der Waals surface area contributed by atoms with Gasteiger partial charge in [-0.1, -0.05) is 12.1 Å². The average molecular weight is 305 g/mol. The van der Waals surface area contributed by atoms with Crippen LogP contribution in [0.4, 0.5) is 24.5 Å². The van der Waals surface area contributed by atoms with Gasteiger partial charge >= 0.3 is 6.18 Å². The fraction of sp³-hybridized carbons (Fsp3) is 0.133. The van der Waals surface area contributed by atoms with Crippen LogP contribution < -0.4 is 15.8 Å². The van der Waals surface area contributed by atoms with E-state index in [4.69, 9.17) is 15.7 Å². The van der Waals surface area contributed by atoms with Crippen LogP contribution in [0.15, 0.2) is 36.4 Å². The van der Waals surface area contributed by atoms with Crippen molar-refractivity contribution < 1.29 is 17.9 Å².